The van der Waals surface area contributed by atoms with E-state index in [9.17, 15) is 0 Å². The highest BCUT2D eigenvalue weighted by atomic mass is 16.5. The zero-order valence-corrected chi connectivity index (χ0v) is 10.8. The molecule has 1 aliphatic rings. The van der Waals surface area contributed by atoms with E-state index < -0.39 is 0 Å². The summed E-state index contributed by atoms with van der Waals surface area (Å²) >= 11 is 0. The van der Waals surface area contributed by atoms with E-state index in [1.165, 1.54) is 0 Å². The third kappa shape index (κ3) is 2.36. The lowest BCUT2D eigenvalue weighted by atomic mass is 10.1. The van der Waals surface area contributed by atoms with Crippen molar-refractivity contribution in [2.45, 2.75) is 31.5 Å². The van der Waals surface area contributed by atoms with Gasteiger partial charge in [-0.1, -0.05) is 0 Å². The van der Waals surface area contributed by atoms with Crippen LogP contribution >= 0.6 is 0 Å². The van der Waals surface area contributed by atoms with E-state index in [4.69, 9.17) is 10.5 Å². The summed E-state index contributed by atoms with van der Waals surface area (Å²) in [4.78, 5) is 6.50. The second-order valence-corrected chi connectivity index (χ2v) is 4.78. The highest BCUT2D eigenvalue weighted by molar-refractivity contribution is 5.07. The van der Waals surface area contributed by atoms with E-state index in [1.54, 1.807) is 0 Å². The molecule has 17 heavy (non-hydrogen) atoms. The fourth-order valence-electron chi connectivity index (χ4n) is 2.67. The lowest BCUT2D eigenvalue weighted by Gasteiger charge is -2.33. The number of hydrogen-bond acceptors (Lipinski definition) is 4. The molecule has 1 aromatic heterocycles. The summed E-state index contributed by atoms with van der Waals surface area (Å²) in [5, 5.41) is 0. The van der Waals surface area contributed by atoms with Crippen molar-refractivity contribution in [2.75, 3.05) is 20.2 Å². The molecule has 1 aliphatic heterocycles. The van der Waals surface area contributed by atoms with Crippen LogP contribution in [-0.2, 0) is 11.8 Å². The van der Waals surface area contributed by atoms with Gasteiger partial charge in [-0.05, 0) is 20.4 Å². The second kappa shape index (κ2) is 5.16. The summed E-state index contributed by atoms with van der Waals surface area (Å²) < 4.78 is 7.66. The Kier molecular flexibility index (Phi) is 3.81. The topological polar surface area (TPSA) is 56.3 Å². The van der Waals surface area contributed by atoms with Crippen LogP contribution in [0.25, 0.3) is 0 Å². The third-order valence-corrected chi connectivity index (χ3v) is 3.77. The number of likely N-dealkylation sites (N-methyl/N-ethyl adjacent to an activating group) is 1. The lowest BCUT2D eigenvalue weighted by molar-refractivity contribution is 0.0673. The number of rotatable bonds is 4. The molecule has 0 radical (unpaired) electrons. The molecule has 0 aliphatic carbocycles. The fraction of sp³-hybridized carbons (Fsp3) is 0.750. The Bertz CT molecular complexity index is 365. The molecule has 2 N–H and O–H groups in total. The first-order chi connectivity index (χ1) is 8.15. The molecule has 0 bridgehead atoms. The molecule has 5 heteroatoms. The summed E-state index contributed by atoms with van der Waals surface area (Å²) in [7, 11) is 4.13. The van der Waals surface area contributed by atoms with Crippen molar-refractivity contribution in [3.05, 3.63) is 18.2 Å². The Balaban J connectivity index is 2.15. The van der Waals surface area contributed by atoms with Crippen LogP contribution in [0.2, 0.25) is 0 Å². The Morgan fingerprint density at radius 3 is 2.94 bits per heavy atom. The predicted molar refractivity (Wildman–Crippen MR) is 66.6 cm³/mol. The van der Waals surface area contributed by atoms with Crippen LogP contribution in [0.3, 0.4) is 0 Å². The van der Waals surface area contributed by atoms with Crippen LogP contribution < -0.4 is 5.73 Å². The Hall–Kier alpha value is -0.910. The summed E-state index contributed by atoms with van der Waals surface area (Å²) in [5.74, 6) is 0. The fourth-order valence-corrected chi connectivity index (χ4v) is 2.67. The molecule has 3 unspecified atom stereocenters. The molecule has 1 saturated heterocycles. The van der Waals surface area contributed by atoms with E-state index in [0.717, 1.165) is 18.7 Å². The molecule has 0 amide bonds. The molecule has 2 heterocycles. The molecule has 2 rings (SSSR count). The van der Waals surface area contributed by atoms with Crippen molar-refractivity contribution in [3.8, 4) is 0 Å². The van der Waals surface area contributed by atoms with Gasteiger partial charge in [-0.3, -0.25) is 4.90 Å². The van der Waals surface area contributed by atoms with Crippen molar-refractivity contribution >= 4 is 0 Å². The largest absolute Gasteiger partial charge is 0.377 e. The maximum atomic E-state index is 5.92. The van der Waals surface area contributed by atoms with Crippen molar-refractivity contribution < 1.29 is 4.74 Å². The molecule has 1 aromatic rings. The van der Waals surface area contributed by atoms with Gasteiger partial charge in [0, 0.05) is 32.4 Å². The van der Waals surface area contributed by atoms with E-state index in [1.807, 2.05) is 24.1 Å². The Morgan fingerprint density at radius 2 is 2.47 bits per heavy atom. The molecule has 0 aromatic carbocycles. The SMILES string of the molecule is CC1OCCC1N(C)C(CN)c1cncn1C. The van der Waals surface area contributed by atoms with E-state index in [-0.39, 0.29) is 12.1 Å². The molecule has 0 saturated carbocycles. The first-order valence-electron chi connectivity index (χ1n) is 6.15. The minimum Gasteiger partial charge on any atom is -0.377 e. The third-order valence-electron chi connectivity index (χ3n) is 3.77. The van der Waals surface area contributed by atoms with Gasteiger partial charge in [0.15, 0.2) is 0 Å². The number of imidazole rings is 1. The van der Waals surface area contributed by atoms with Crippen molar-refractivity contribution in [1.82, 2.24) is 14.5 Å². The monoisotopic (exact) mass is 238 g/mol. The minimum atomic E-state index is 0.205. The molecular formula is C12H22N4O. The average Bonchev–Trinajstić information content (AvgIpc) is 2.89. The number of nitrogens with two attached hydrogens (primary N) is 1. The standard InChI is InChI=1S/C12H22N4O/c1-9-10(4-5-17-9)16(3)11(6-13)12-7-14-8-15(12)2/h7-11H,4-6,13H2,1-3H3. The molecule has 0 spiro atoms. The van der Waals surface area contributed by atoms with Crippen molar-refractivity contribution in [3.63, 3.8) is 0 Å². The van der Waals surface area contributed by atoms with Gasteiger partial charge in [0.2, 0.25) is 0 Å². The average molecular weight is 238 g/mol. The Morgan fingerprint density at radius 1 is 1.71 bits per heavy atom. The van der Waals surface area contributed by atoms with Crippen molar-refractivity contribution in [2.24, 2.45) is 12.8 Å². The normalized spacial score (nSPS) is 26.6. The maximum Gasteiger partial charge on any atom is 0.0946 e. The first kappa shape index (κ1) is 12.5. The van der Waals surface area contributed by atoms with Crippen LogP contribution in [0.5, 0.6) is 0 Å². The zero-order valence-electron chi connectivity index (χ0n) is 10.8. The molecule has 5 nitrogen and oxygen atoms in total. The van der Waals surface area contributed by atoms with Crippen LogP contribution in [0, 0.1) is 0 Å². The summed E-state index contributed by atoms with van der Waals surface area (Å²) in [6, 6.07) is 0.648. The highest BCUT2D eigenvalue weighted by Crippen LogP contribution is 2.26. The van der Waals surface area contributed by atoms with E-state index in [0.29, 0.717) is 12.6 Å². The van der Waals surface area contributed by atoms with Gasteiger partial charge in [-0.2, -0.15) is 0 Å². The van der Waals surface area contributed by atoms with E-state index >= 15 is 0 Å². The van der Waals surface area contributed by atoms with Crippen LogP contribution in [-0.4, -0.2) is 46.8 Å². The smallest absolute Gasteiger partial charge is 0.0946 e. The zero-order chi connectivity index (χ0) is 12.4. The molecule has 3 atom stereocenters. The quantitative estimate of drug-likeness (QED) is 0.831. The van der Waals surface area contributed by atoms with Gasteiger partial charge < -0.3 is 15.0 Å². The van der Waals surface area contributed by atoms with Gasteiger partial charge in [0.05, 0.1) is 24.2 Å². The summed E-state index contributed by atoms with van der Waals surface area (Å²) in [6.07, 6.45) is 5.07. The molecule has 96 valence electrons. The van der Waals surface area contributed by atoms with E-state index in [2.05, 4.69) is 23.9 Å². The number of nitrogens with zero attached hydrogens (tertiary/aromatic N) is 3. The number of hydrogen-bond donors (Lipinski definition) is 1. The van der Waals surface area contributed by atoms with Crippen LogP contribution in [0.4, 0.5) is 0 Å². The van der Waals surface area contributed by atoms with Crippen LogP contribution in [0.1, 0.15) is 25.1 Å². The highest BCUT2D eigenvalue weighted by Gasteiger charge is 2.32. The second-order valence-electron chi connectivity index (χ2n) is 4.78. The van der Waals surface area contributed by atoms with Gasteiger partial charge in [0.1, 0.15) is 0 Å². The predicted octanol–water partition coefficient (Wildman–Crippen LogP) is 0.529. The summed E-state index contributed by atoms with van der Waals surface area (Å²) in [6.45, 7) is 3.57. The number of aromatic nitrogens is 2. The van der Waals surface area contributed by atoms with Gasteiger partial charge in [0.25, 0.3) is 0 Å². The number of ether oxygens (including phenoxy) is 1. The first-order valence-corrected chi connectivity index (χ1v) is 6.15. The number of aryl methyl sites for hydroxylation is 1. The molecule has 1 fully saturated rings. The van der Waals surface area contributed by atoms with Gasteiger partial charge in [-0.25, -0.2) is 4.98 Å². The van der Waals surface area contributed by atoms with Crippen LogP contribution in [0.15, 0.2) is 12.5 Å². The van der Waals surface area contributed by atoms with Gasteiger partial charge >= 0.3 is 0 Å². The maximum absolute atomic E-state index is 5.92. The summed E-state index contributed by atoms with van der Waals surface area (Å²) in [5.41, 5.74) is 7.08. The molecular weight excluding hydrogens is 216 g/mol. The Labute approximate surface area is 103 Å². The lowest BCUT2D eigenvalue weighted by Crippen LogP contribution is -2.42. The van der Waals surface area contributed by atoms with Gasteiger partial charge in [-0.15, -0.1) is 0 Å². The minimum absolute atomic E-state index is 0.205. The van der Waals surface area contributed by atoms with Crippen molar-refractivity contribution in [1.29, 1.82) is 0 Å².